The van der Waals surface area contributed by atoms with Gasteiger partial charge in [0.1, 0.15) is 35.1 Å². The minimum atomic E-state index is -1.17. The third kappa shape index (κ3) is 7.97. The first kappa shape index (κ1) is 38.5. The molecule has 11 nitrogen and oxygen atoms in total. The van der Waals surface area contributed by atoms with Crippen molar-refractivity contribution >= 4 is 18.9 Å². The van der Waals surface area contributed by atoms with E-state index in [1.807, 2.05) is 128 Å². The van der Waals surface area contributed by atoms with Gasteiger partial charge >= 0.3 is 5.69 Å². The lowest BCUT2D eigenvalue weighted by Gasteiger charge is -2.37. The molecule has 0 bridgehead atoms. The Hall–Kier alpha value is -5.76. The Morgan fingerprint density at radius 3 is 2.05 bits per heavy atom. The first-order valence-corrected chi connectivity index (χ1v) is 20.0. The smallest absolute Gasteiger partial charge is 0.330 e. The van der Waals surface area contributed by atoms with Crippen LogP contribution in [0.1, 0.15) is 22.9 Å². The van der Waals surface area contributed by atoms with E-state index in [0.717, 1.165) is 27.5 Å². The van der Waals surface area contributed by atoms with Crippen molar-refractivity contribution in [1.29, 1.82) is 0 Å². The van der Waals surface area contributed by atoms with Gasteiger partial charge in [-0.2, -0.15) is 0 Å². The van der Waals surface area contributed by atoms with Crippen molar-refractivity contribution in [1.82, 2.24) is 9.55 Å². The number of ether oxygens (including phenoxy) is 5. The molecule has 2 unspecified atom stereocenters. The third-order valence-electron chi connectivity index (χ3n) is 9.89. The minimum Gasteiger partial charge on any atom is -0.497 e. The van der Waals surface area contributed by atoms with Crippen LogP contribution < -0.4 is 25.5 Å². The van der Waals surface area contributed by atoms with Crippen LogP contribution in [0.4, 0.5) is 0 Å². The average molecular weight is 772 g/mol. The highest BCUT2D eigenvalue weighted by Gasteiger charge is 2.51. The standard InChI is InChI=1S/C44H42N3O8P/c1-45-26-28-56(4)55-40-38(54-42(47-27-25-39(48)46-43(47)49)41(40)53-37-16-10-12-30-11-8-9-15-36(30)37)29-52-44(31-13-6-5-7-14-31,32-17-21-34(50-2)22-18-32)33-19-23-35(51-3)24-20-33/h5-25,27,38,40-42H,26,28-29H2,2-4H3,(H,46,48,49)/t38-,40?,41+,42-,56?/m1/s1. The summed E-state index contributed by atoms with van der Waals surface area (Å²) in [6, 6.07) is 40.3. The molecule has 1 saturated heterocycles. The Morgan fingerprint density at radius 2 is 1.41 bits per heavy atom. The molecule has 1 N–H and O–H groups in total. The van der Waals surface area contributed by atoms with Gasteiger partial charge in [-0.05, 0) is 59.1 Å². The van der Waals surface area contributed by atoms with Gasteiger partial charge < -0.3 is 33.1 Å². The van der Waals surface area contributed by atoms with Crippen molar-refractivity contribution in [2.75, 3.05) is 40.2 Å². The fourth-order valence-electron chi connectivity index (χ4n) is 7.12. The summed E-state index contributed by atoms with van der Waals surface area (Å²) in [5, 5.41) is 1.84. The van der Waals surface area contributed by atoms with Gasteiger partial charge in [0.05, 0.1) is 27.0 Å². The van der Waals surface area contributed by atoms with Crippen LogP contribution in [0.25, 0.3) is 15.6 Å². The number of H-pyrrole nitrogens is 1. The summed E-state index contributed by atoms with van der Waals surface area (Å²) in [6.45, 7) is 9.67. The van der Waals surface area contributed by atoms with Crippen molar-refractivity contribution in [2.45, 2.75) is 30.1 Å². The Morgan fingerprint density at radius 1 is 0.786 bits per heavy atom. The zero-order chi connectivity index (χ0) is 39.1. The van der Waals surface area contributed by atoms with E-state index >= 15 is 0 Å². The molecule has 0 amide bonds. The van der Waals surface area contributed by atoms with Crippen molar-refractivity contribution in [2.24, 2.45) is 0 Å². The van der Waals surface area contributed by atoms with E-state index in [1.165, 1.54) is 16.8 Å². The molecule has 0 radical (unpaired) electrons. The fourth-order valence-corrected chi connectivity index (χ4v) is 8.28. The van der Waals surface area contributed by atoms with Crippen LogP contribution in [0.3, 0.4) is 0 Å². The molecule has 1 fully saturated rings. The topological polar surface area (TPSA) is 115 Å². The average Bonchev–Trinajstić information content (AvgIpc) is 3.56. The number of nitrogens with zero attached hydrogens (tertiary/aromatic N) is 2. The van der Waals surface area contributed by atoms with Crippen LogP contribution in [0.5, 0.6) is 17.2 Å². The van der Waals surface area contributed by atoms with Gasteiger partial charge in [0.25, 0.3) is 5.56 Å². The largest absolute Gasteiger partial charge is 0.497 e. The second-order valence-electron chi connectivity index (χ2n) is 13.3. The van der Waals surface area contributed by atoms with Gasteiger partial charge in [0.2, 0.25) is 6.54 Å². The Balaban J connectivity index is 1.36. The predicted octanol–water partition coefficient (Wildman–Crippen LogP) is 7.39. The predicted molar refractivity (Wildman–Crippen MR) is 216 cm³/mol. The number of hydrogen-bond donors (Lipinski definition) is 1. The molecule has 1 aliphatic rings. The van der Waals surface area contributed by atoms with Crippen LogP contribution in [0.15, 0.2) is 143 Å². The second-order valence-corrected chi connectivity index (χ2v) is 15.2. The number of hydrogen-bond acceptors (Lipinski definition) is 8. The summed E-state index contributed by atoms with van der Waals surface area (Å²) in [5.74, 6) is 1.96. The molecule has 286 valence electrons. The van der Waals surface area contributed by atoms with E-state index in [0.29, 0.717) is 30.0 Å². The summed E-state index contributed by atoms with van der Waals surface area (Å²) < 4.78 is 40.2. The first-order valence-electron chi connectivity index (χ1n) is 18.2. The maximum absolute atomic E-state index is 13.4. The number of nitrogens with one attached hydrogen (secondary N) is 1. The maximum atomic E-state index is 13.4. The summed E-state index contributed by atoms with van der Waals surface area (Å²) in [7, 11) is 2.10. The van der Waals surface area contributed by atoms with Gasteiger partial charge in [-0.1, -0.05) is 91.0 Å². The highest BCUT2D eigenvalue weighted by Crippen LogP contribution is 2.46. The zero-order valence-corrected chi connectivity index (χ0v) is 32.1. The zero-order valence-electron chi connectivity index (χ0n) is 31.2. The molecular formula is C44H42N3O8P. The molecule has 0 aliphatic carbocycles. The lowest BCUT2D eigenvalue weighted by Crippen LogP contribution is -2.43. The van der Waals surface area contributed by atoms with Crippen LogP contribution in [0.2, 0.25) is 0 Å². The molecule has 7 rings (SSSR count). The number of methoxy groups -OCH3 is 2. The van der Waals surface area contributed by atoms with Gasteiger partial charge in [-0.25, -0.2) is 11.4 Å². The van der Waals surface area contributed by atoms with E-state index in [1.54, 1.807) is 14.2 Å². The number of benzene rings is 5. The van der Waals surface area contributed by atoms with E-state index in [4.69, 9.17) is 34.8 Å². The number of fused-ring (bicyclic) bond motifs is 1. The number of rotatable bonds is 15. The van der Waals surface area contributed by atoms with Crippen molar-refractivity contribution < 1.29 is 28.2 Å². The molecule has 6 aromatic rings. The SMILES string of the molecule is [C-]#[N+]CCP(C)OC1[C@@H](COC(c2ccccc2)(c2ccc(OC)cc2)c2ccc(OC)cc2)O[C@@H](n2ccc(=O)[nH]c2=O)[C@H]1Oc1cccc2ccccc12. The molecule has 0 saturated carbocycles. The summed E-state index contributed by atoms with van der Waals surface area (Å²) in [5.41, 5.74) is 0.155. The fraction of sp³-hybridized carbons (Fsp3) is 0.250. The Kier molecular flexibility index (Phi) is 11.9. The van der Waals surface area contributed by atoms with E-state index < -0.39 is 49.5 Å². The maximum Gasteiger partial charge on any atom is 0.330 e. The van der Waals surface area contributed by atoms with Crippen LogP contribution >= 0.6 is 8.15 Å². The highest BCUT2D eigenvalue weighted by atomic mass is 31.1. The van der Waals surface area contributed by atoms with Gasteiger partial charge in [0.15, 0.2) is 12.3 Å². The van der Waals surface area contributed by atoms with Crippen molar-refractivity contribution in [3.63, 3.8) is 0 Å². The highest BCUT2D eigenvalue weighted by molar-refractivity contribution is 7.51. The lowest BCUT2D eigenvalue weighted by atomic mass is 9.80. The van der Waals surface area contributed by atoms with E-state index in [-0.39, 0.29) is 6.61 Å². The second kappa shape index (κ2) is 17.4. The molecule has 5 aromatic carbocycles. The summed E-state index contributed by atoms with van der Waals surface area (Å²) >= 11 is 0. The molecule has 1 aliphatic heterocycles. The van der Waals surface area contributed by atoms with Crippen molar-refractivity contribution in [3.8, 4) is 17.2 Å². The Labute approximate surface area is 326 Å². The lowest BCUT2D eigenvalue weighted by molar-refractivity contribution is -0.0929. The normalized spacial score (nSPS) is 18.6. The van der Waals surface area contributed by atoms with E-state index in [9.17, 15) is 9.59 Å². The van der Waals surface area contributed by atoms with Crippen LogP contribution in [0, 0.1) is 6.57 Å². The third-order valence-corrected chi connectivity index (χ3v) is 11.3. The van der Waals surface area contributed by atoms with Crippen LogP contribution in [-0.4, -0.2) is 68.1 Å². The number of aromatic nitrogens is 2. The quantitative estimate of drug-likeness (QED) is 0.0654. The molecule has 12 heteroatoms. The molecule has 0 spiro atoms. The summed E-state index contributed by atoms with van der Waals surface area (Å²) in [4.78, 5) is 31.6. The first-order chi connectivity index (χ1) is 27.3. The van der Waals surface area contributed by atoms with E-state index in [2.05, 4.69) is 9.83 Å². The van der Waals surface area contributed by atoms with Gasteiger partial charge in [-0.3, -0.25) is 14.3 Å². The molecular weight excluding hydrogens is 729 g/mol. The molecule has 2 heterocycles. The number of aromatic amines is 1. The van der Waals surface area contributed by atoms with Crippen molar-refractivity contribution in [3.05, 3.63) is 183 Å². The minimum absolute atomic E-state index is 0.0202. The monoisotopic (exact) mass is 771 g/mol. The summed E-state index contributed by atoms with van der Waals surface area (Å²) in [6.07, 6.45) is -1.56. The van der Waals surface area contributed by atoms with Gasteiger partial charge in [0, 0.05) is 25.8 Å². The molecule has 56 heavy (non-hydrogen) atoms. The van der Waals surface area contributed by atoms with Crippen LogP contribution in [-0.2, 0) is 19.6 Å². The molecule has 1 aromatic heterocycles. The Bertz CT molecular complexity index is 2340. The molecule has 5 atom stereocenters. The van der Waals surface area contributed by atoms with Gasteiger partial charge in [-0.15, -0.1) is 0 Å².